The minimum Gasteiger partial charge on any atom is -0.380 e. The van der Waals surface area contributed by atoms with E-state index in [2.05, 4.69) is 5.32 Å². The quantitative estimate of drug-likeness (QED) is 0.445. The minimum atomic E-state index is -0.0183. The van der Waals surface area contributed by atoms with Gasteiger partial charge in [0.2, 0.25) is 0 Å². The highest BCUT2D eigenvalue weighted by molar-refractivity contribution is 5.79. The number of hydrogen-bond acceptors (Lipinski definition) is 6. The molecule has 0 bridgehead atoms. The second kappa shape index (κ2) is 14.6. The lowest BCUT2D eigenvalue weighted by Gasteiger charge is -2.05. The van der Waals surface area contributed by atoms with Gasteiger partial charge in [-0.2, -0.15) is 0 Å². The molecule has 0 amide bonds. The van der Waals surface area contributed by atoms with Crippen LogP contribution in [0.3, 0.4) is 0 Å². The molecule has 0 atom stereocenters. The maximum absolute atomic E-state index is 11.4. The van der Waals surface area contributed by atoms with Gasteiger partial charge in [0.25, 0.3) is 0 Å². The lowest BCUT2D eigenvalue weighted by molar-refractivity contribution is -0.126. The molecule has 0 spiro atoms. The zero-order chi connectivity index (χ0) is 15.1. The number of nitrogens with one attached hydrogen (secondary N) is 1. The maximum Gasteiger partial charge on any atom is 0.158 e. The molecule has 6 heteroatoms. The molecule has 0 heterocycles. The van der Waals surface area contributed by atoms with Gasteiger partial charge >= 0.3 is 0 Å². The van der Waals surface area contributed by atoms with E-state index in [0.29, 0.717) is 32.8 Å². The summed E-state index contributed by atoms with van der Waals surface area (Å²) in [4.78, 5) is 22.0. The summed E-state index contributed by atoms with van der Waals surface area (Å²) in [6.07, 6.45) is 1.19. The Bertz CT molecular complexity index is 258. The second-order valence-corrected chi connectivity index (χ2v) is 4.42. The van der Waals surface area contributed by atoms with E-state index >= 15 is 0 Å². The standard InChI is InChI=1S/C14H27NO5/c1-3-15-6-8-18-7-4-5-14(17)12-20-10-9-19-11-13(2)16/h15H,3-12H2,1-2H3. The summed E-state index contributed by atoms with van der Waals surface area (Å²) in [5.41, 5.74) is 0. The van der Waals surface area contributed by atoms with Crippen LogP contribution in [0, 0.1) is 0 Å². The van der Waals surface area contributed by atoms with Gasteiger partial charge in [-0.3, -0.25) is 9.59 Å². The first-order valence-corrected chi connectivity index (χ1v) is 7.12. The summed E-state index contributed by atoms with van der Waals surface area (Å²) < 4.78 is 15.5. The summed E-state index contributed by atoms with van der Waals surface area (Å²) in [7, 11) is 0. The Morgan fingerprint density at radius 2 is 1.65 bits per heavy atom. The molecule has 0 radical (unpaired) electrons. The predicted molar refractivity (Wildman–Crippen MR) is 75.9 cm³/mol. The van der Waals surface area contributed by atoms with Crippen LogP contribution in [0.4, 0.5) is 0 Å². The number of rotatable bonds is 15. The molecule has 0 fully saturated rings. The van der Waals surface area contributed by atoms with Crippen molar-refractivity contribution in [2.24, 2.45) is 0 Å². The van der Waals surface area contributed by atoms with Gasteiger partial charge in [0.15, 0.2) is 11.6 Å². The minimum absolute atomic E-state index is 0.0183. The monoisotopic (exact) mass is 289 g/mol. The lowest BCUT2D eigenvalue weighted by atomic mass is 10.2. The summed E-state index contributed by atoms with van der Waals surface area (Å²) in [5.74, 6) is 0.0436. The Morgan fingerprint density at radius 1 is 0.950 bits per heavy atom. The first-order chi connectivity index (χ1) is 9.66. The van der Waals surface area contributed by atoms with Gasteiger partial charge in [-0.05, 0) is 19.9 Å². The van der Waals surface area contributed by atoms with Crippen molar-refractivity contribution in [2.75, 3.05) is 52.7 Å². The number of hydrogen-bond donors (Lipinski definition) is 1. The van der Waals surface area contributed by atoms with Crippen molar-refractivity contribution in [1.29, 1.82) is 0 Å². The highest BCUT2D eigenvalue weighted by Crippen LogP contribution is 1.93. The Labute approximate surface area is 121 Å². The molecule has 0 aromatic rings. The van der Waals surface area contributed by atoms with Crippen molar-refractivity contribution < 1.29 is 23.8 Å². The Morgan fingerprint density at radius 3 is 2.30 bits per heavy atom. The summed E-state index contributed by atoms with van der Waals surface area (Å²) in [6.45, 7) is 7.42. The van der Waals surface area contributed by atoms with Crippen molar-refractivity contribution in [3.8, 4) is 0 Å². The summed E-state index contributed by atoms with van der Waals surface area (Å²) in [5, 5.41) is 3.15. The SMILES string of the molecule is CCNCCOCCCC(=O)COCCOCC(C)=O. The van der Waals surface area contributed by atoms with Gasteiger partial charge in [0.1, 0.15) is 13.2 Å². The van der Waals surface area contributed by atoms with Crippen molar-refractivity contribution in [3.05, 3.63) is 0 Å². The average Bonchev–Trinajstić information content (AvgIpc) is 2.41. The highest BCUT2D eigenvalue weighted by Gasteiger charge is 2.02. The first-order valence-electron chi connectivity index (χ1n) is 7.12. The number of carbonyl (C=O) groups excluding carboxylic acids is 2. The van der Waals surface area contributed by atoms with E-state index in [-0.39, 0.29) is 24.8 Å². The highest BCUT2D eigenvalue weighted by atomic mass is 16.5. The molecule has 1 N–H and O–H groups in total. The topological polar surface area (TPSA) is 73.9 Å². The van der Waals surface area contributed by atoms with Crippen molar-refractivity contribution in [1.82, 2.24) is 5.32 Å². The molecule has 0 rings (SSSR count). The molecule has 118 valence electrons. The average molecular weight is 289 g/mol. The van der Waals surface area contributed by atoms with E-state index in [1.807, 2.05) is 6.92 Å². The number of likely N-dealkylation sites (N-methyl/N-ethyl adjacent to an activating group) is 1. The van der Waals surface area contributed by atoms with E-state index in [4.69, 9.17) is 14.2 Å². The summed E-state index contributed by atoms with van der Waals surface area (Å²) in [6, 6.07) is 0. The fourth-order valence-electron chi connectivity index (χ4n) is 1.39. The van der Waals surface area contributed by atoms with E-state index in [9.17, 15) is 9.59 Å². The molecule has 0 aromatic heterocycles. The second-order valence-electron chi connectivity index (χ2n) is 4.42. The van der Waals surface area contributed by atoms with Crippen molar-refractivity contribution in [2.45, 2.75) is 26.7 Å². The fraction of sp³-hybridized carbons (Fsp3) is 0.857. The molecule has 0 aliphatic heterocycles. The van der Waals surface area contributed by atoms with Gasteiger partial charge in [0.05, 0.1) is 19.8 Å². The Kier molecular flexibility index (Phi) is 14.0. The van der Waals surface area contributed by atoms with Crippen LogP contribution in [0.1, 0.15) is 26.7 Å². The third kappa shape index (κ3) is 15.2. The van der Waals surface area contributed by atoms with Crippen LogP contribution in [-0.4, -0.2) is 64.3 Å². The van der Waals surface area contributed by atoms with E-state index in [0.717, 1.165) is 19.5 Å². The number of ketones is 2. The third-order valence-electron chi connectivity index (χ3n) is 2.36. The van der Waals surface area contributed by atoms with Crippen LogP contribution in [-0.2, 0) is 23.8 Å². The zero-order valence-electron chi connectivity index (χ0n) is 12.6. The van der Waals surface area contributed by atoms with Crippen LogP contribution >= 0.6 is 0 Å². The molecule has 0 aliphatic carbocycles. The van der Waals surface area contributed by atoms with Gasteiger partial charge in [-0.15, -0.1) is 0 Å². The first kappa shape index (κ1) is 19.2. The molecule has 0 saturated heterocycles. The molecule has 0 saturated carbocycles. The molecule has 0 aromatic carbocycles. The lowest BCUT2D eigenvalue weighted by Crippen LogP contribution is -2.19. The van der Waals surface area contributed by atoms with Gasteiger partial charge < -0.3 is 19.5 Å². The Balaban J connectivity index is 3.19. The smallest absolute Gasteiger partial charge is 0.158 e. The van der Waals surface area contributed by atoms with Crippen LogP contribution in [0.2, 0.25) is 0 Å². The zero-order valence-corrected chi connectivity index (χ0v) is 12.6. The predicted octanol–water partition coefficient (Wildman–Crippen LogP) is 0.584. The van der Waals surface area contributed by atoms with Crippen molar-refractivity contribution in [3.63, 3.8) is 0 Å². The molecular weight excluding hydrogens is 262 g/mol. The van der Waals surface area contributed by atoms with Crippen LogP contribution in [0.5, 0.6) is 0 Å². The maximum atomic E-state index is 11.4. The number of Topliss-reactive ketones (excluding diaryl/α,β-unsaturated/α-hetero) is 2. The van der Waals surface area contributed by atoms with E-state index in [1.165, 1.54) is 6.92 Å². The van der Waals surface area contributed by atoms with Gasteiger partial charge in [0, 0.05) is 19.6 Å². The molecule has 0 aliphatic rings. The van der Waals surface area contributed by atoms with E-state index < -0.39 is 0 Å². The van der Waals surface area contributed by atoms with Crippen LogP contribution in [0.25, 0.3) is 0 Å². The van der Waals surface area contributed by atoms with Crippen LogP contribution < -0.4 is 5.32 Å². The van der Waals surface area contributed by atoms with Crippen molar-refractivity contribution >= 4 is 11.6 Å². The molecule has 0 unspecified atom stereocenters. The number of ether oxygens (including phenoxy) is 3. The number of carbonyl (C=O) groups is 2. The molecule has 6 nitrogen and oxygen atoms in total. The van der Waals surface area contributed by atoms with Gasteiger partial charge in [-0.1, -0.05) is 6.92 Å². The van der Waals surface area contributed by atoms with E-state index in [1.54, 1.807) is 0 Å². The van der Waals surface area contributed by atoms with Gasteiger partial charge in [-0.25, -0.2) is 0 Å². The molecular formula is C14H27NO5. The largest absolute Gasteiger partial charge is 0.380 e. The normalized spacial score (nSPS) is 10.7. The molecule has 20 heavy (non-hydrogen) atoms. The fourth-order valence-corrected chi connectivity index (χ4v) is 1.39. The Hall–Kier alpha value is -0.820. The summed E-state index contributed by atoms with van der Waals surface area (Å²) >= 11 is 0. The third-order valence-corrected chi connectivity index (χ3v) is 2.36. The van der Waals surface area contributed by atoms with Crippen LogP contribution in [0.15, 0.2) is 0 Å².